The molecule has 0 bridgehead atoms. The Kier molecular flexibility index (Phi) is 4.42. The Hall–Kier alpha value is -1.29. The van der Waals surface area contributed by atoms with Crippen molar-refractivity contribution < 1.29 is 4.39 Å². The van der Waals surface area contributed by atoms with Gasteiger partial charge < -0.3 is 16.0 Å². The average molecular weight is 251 g/mol. The summed E-state index contributed by atoms with van der Waals surface area (Å²) in [5, 5.41) is 3.29. The van der Waals surface area contributed by atoms with E-state index < -0.39 is 0 Å². The lowest BCUT2D eigenvalue weighted by molar-refractivity contribution is 0.223. The second-order valence-corrected chi connectivity index (χ2v) is 5.11. The van der Waals surface area contributed by atoms with Crippen molar-refractivity contribution in [3.05, 3.63) is 24.0 Å². The number of piperidine rings is 1. The van der Waals surface area contributed by atoms with E-state index in [1.807, 2.05) is 6.07 Å². The zero-order valence-corrected chi connectivity index (χ0v) is 11.0. The van der Waals surface area contributed by atoms with Crippen molar-refractivity contribution in [2.24, 2.45) is 0 Å². The van der Waals surface area contributed by atoms with Gasteiger partial charge in [0.25, 0.3) is 0 Å². The average Bonchev–Trinajstić information content (AvgIpc) is 2.36. The number of nitrogen functional groups attached to an aromatic ring is 1. The van der Waals surface area contributed by atoms with Gasteiger partial charge in [-0.3, -0.25) is 0 Å². The third-order valence-corrected chi connectivity index (χ3v) is 3.44. The summed E-state index contributed by atoms with van der Waals surface area (Å²) in [6.45, 7) is 5.43. The van der Waals surface area contributed by atoms with Crippen LogP contribution in [0.1, 0.15) is 26.2 Å². The molecule has 0 saturated carbocycles. The van der Waals surface area contributed by atoms with Crippen LogP contribution in [-0.4, -0.2) is 30.6 Å². The van der Waals surface area contributed by atoms with E-state index in [1.165, 1.54) is 38.4 Å². The topological polar surface area (TPSA) is 41.3 Å². The van der Waals surface area contributed by atoms with Crippen molar-refractivity contribution in [3.8, 4) is 0 Å². The molecule has 1 unspecified atom stereocenters. The van der Waals surface area contributed by atoms with Crippen molar-refractivity contribution in [3.63, 3.8) is 0 Å². The molecule has 0 radical (unpaired) electrons. The quantitative estimate of drug-likeness (QED) is 0.808. The second-order valence-electron chi connectivity index (χ2n) is 5.11. The van der Waals surface area contributed by atoms with Gasteiger partial charge in [0.2, 0.25) is 0 Å². The molecule has 1 fully saturated rings. The Labute approximate surface area is 108 Å². The lowest BCUT2D eigenvalue weighted by atomic mass is 10.1. The first-order valence-corrected chi connectivity index (χ1v) is 6.69. The maximum atomic E-state index is 13.3. The molecule has 2 rings (SSSR count). The Morgan fingerprint density at radius 2 is 2.06 bits per heavy atom. The van der Waals surface area contributed by atoms with E-state index in [4.69, 9.17) is 5.73 Å². The van der Waals surface area contributed by atoms with Crippen molar-refractivity contribution >= 4 is 11.4 Å². The molecule has 18 heavy (non-hydrogen) atoms. The van der Waals surface area contributed by atoms with Gasteiger partial charge in [-0.15, -0.1) is 0 Å². The molecule has 3 nitrogen and oxygen atoms in total. The summed E-state index contributed by atoms with van der Waals surface area (Å²) in [7, 11) is 0. The van der Waals surface area contributed by atoms with Gasteiger partial charge in [0, 0.05) is 12.6 Å². The minimum Gasteiger partial charge on any atom is -0.395 e. The molecule has 0 amide bonds. The highest BCUT2D eigenvalue weighted by Gasteiger charge is 2.14. The van der Waals surface area contributed by atoms with Gasteiger partial charge in [-0.2, -0.15) is 0 Å². The molecule has 1 aromatic rings. The fourth-order valence-corrected chi connectivity index (χ4v) is 2.50. The van der Waals surface area contributed by atoms with Crippen LogP contribution in [0.2, 0.25) is 0 Å². The van der Waals surface area contributed by atoms with Crippen molar-refractivity contribution in [1.82, 2.24) is 4.90 Å². The Balaban J connectivity index is 1.90. The molecule has 1 aliphatic rings. The molecular weight excluding hydrogens is 229 g/mol. The van der Waals surface area contributed by atoms with Crippen molar-refractivity contribution in [2.75, 3.05) is 30.7 Å². The molecule has 1 aromatic carbocycles. The number of hydrogen-bond acceptors (Lipinski definition) is 3. The van der Waals surface area contributed by atoms with Gasteiger partial charge in [0.1, 0.15) is 5.82 Å². The van der Waals surface area contributed by atoms with Gasteiger partial charge in [0.05, 0.1) is 11.4 Å². The zero-order valence-electron chi connectivity index (χ0n) is 11.0. The van der Waals surface area contributed by atoms with E-state index in [9.17, 15) is 4.39 Å². The number of nitrogens with zero attached hydrogens (tertiary/aromatic N) is 1. The van der Waals surface area contributed by atoms with Gasteiger partial charge in [-0.25, -0.2) is 4.39 Å². The molecule has 1 atom stereocenters. The molecule has 0 spiro atoms. The molecule has 1 heterocycles. The molecule has 1 aliphatic heterocycles. The summed E-state index contributed by atoms with van der Waals surface area (Å²) >= 11 is 0. The summed E-state index contributed by atoms with van der Waals surface area (Å²) in [4.78, 5) is 2.46. The van der Waals surface area contributed by atoms with Crippen LogP contribution in [0.3, 0.4) is 0 Å². The standard InChI is InChI=1S/C14H22FN3/c1-11(10-18-8-3-2-4-9-18)17-13-7-5-6-12(15)14(13)16/h5-7,11,17H,2-4,8-10,16H2,1H3. The summed E-state index contributed by atoms with van der Waals surface area (Å²) in [6.07, 6.45) is 3.92. The van der Waals surface area contributed by atoms with E-state index in [0.717, 1.165) is 6.54 Å². The maximum Gasteiger partial charge on any atom is 0.148 e. The lowest BCUT2D eigenvalue weighted by Gasteiger charge is -2.29. The fraction of sp³-hybridized carbons (Fsp3) is 0.571. The zero-order chi connectivity index (χ0) is 13.0. The van der Waals surface area contributed by atoms with Crippen LogP contribution in [0.25, 0.3) is 0 Å². The molecule has 100 valence electrons. The second kappa shape index (κ2) is 6.05. The van der Waals surface area contributed by atoms with Crippen LogP contribution in [-0.2, 0) is 0 Å². The minimum absolute atomic E-state index is 0.211. The first-order valence-electron chi connectivity index (χ1n) is 6.69. The summed E-state index contributed by atoms with van der Waals surface area (Å²) in [5.41, 5.74) is 6.62. The number of nitrogens with one attached hydrogen (secondary N) is 1. The Morgan fingerprint density at radius 1 is 1.33 bits per heavy atom. The largest absolute Gasteiger partial charge is 0.395 e. The van der Waals surface area contributed by atoms with Crippen LogP contribution in [0.4, 0.5) is 15.8 Å². The highest BCUT2D eigenvalue weighted by atomic mass is 19.1. The van der Waals surface area contributed by atoms with Crippen LogP contribution < -0.4 is 11.1 Å². The number of anilines is 2. The summed E-state index contributed by atoms with van der Waals surface area (Å²) in [6, 6.07) is 5.16. The summed E-state index contributed by atoms with van der Waals surface area (Å²) < 4.78 is 13.3. The number of likely N-dealkylation sites (tertiary alicyclic amines) is 1. The molecule has 0 aromatic heterocycles. The first-order chi connectivity index (χ1) is 8.66. The number of nitrogens with two attached hydrogens (primary N) is 1. The van der Waals surface area contributed by atoms with Crippen LogP contribution in [0.5, 0.6) is 0 Å². The third kappa shape index (κ3) is 3.35. The van der Waals surface area contributed by atoms with Gasteiger partial charge >= 0.3 is 0 Å². The number of rotatable bonds is 4. The smallest absolute Gasteiger partial charge is 0.148 e. The van der Waals surface area contributed by atoms with Gasteiger partial charge in [-0.1, -0.05) is 12.5 Å². The normalized spacial score (nSPS) is 18.6. The number of halogens is 1. The predicted molar refractivity (Wildman–Crippen MR) is 74.2 cm³/mol. The highest BCUT2D eigenvalue weighted by molar-refractivity contribution is 5.66. The van der Waals surface area contributed by atoms with Crippen molar-refractivity contribution in [2.45, 2.75) is 32.2 Å². The number of hydrogen-bond donors (Lipinski definition) is 2. The lowest BCUT2D eigenvalue weighted by Crippen LogP contribution is -2.38. The molecule has 3 N–H and O–H groups in total. The SMILES string of the molecule is CC(CN1CCCCC1)Nc1cccc(F)c1N. The molecule has 4 heteroatoms. The minimum atomic E-state index is -0.356. The monoisotopic (exact) mass is 251 g/mol. The molecule has 0 aliphatic carbocycles. The van der Waals surface area contributed by atoms with E-state index in [-0.39, 0.29) is 17.5 Å². The van der Waals surface area contributed by atoms with Crippen LogP contribution >= 0.6 is 0 Å². The maximum absolute atomic E-state index is 13.3. The highest BCUT2D eigenvalue weighted by Crippen LogP contribution is 2.22. The fourth-order valence-electron chi connectivity index (χ4n) is 2.50. The van der Waals surface area contributed by atoms with Crippen LogP contribution in [0, 0.1) is 5.82 Å². The number of benzene rings is 1. The first kappa shape index (κ1) is 13.1. The van der Waals surface area contributed by atoms with E-state index in [0.29, 0.717) is 5.69 Å². The molecular formula is C14H22FN3. The van der Waals surface area contributed by atoms with E-state index >= 15 is 0 Å². The molecule has 1 saturated heterocycles. The summed E-state index contributed by atoms with van der Waals surface area (Å²) in [5.74, 6) is -0.356. The Bertz CT molecular complexity index is 389. The predicted octanol–water partition coefficient (Wildman–Crippen LogP) is 2.69. The van der Waals surface area contributed by atoms with Gasteiger partial charge in [-0.05, 0) is 45.0 Å². The van der Waals surface area contributed by atoms with Gasteiger partial charge in [0.15, 0.2) is 0 Å². The third-order valence-electron chi connectivity index (χ3n) is 3.44. The van der Waals surface area contributed by atoms with Crippen molar-refractivity contribution in [1.29, 1.82) is 0 Å². The van der Waals surface area contributed by atoms with E-state index in [2.05, 4.69) is 17.1 Å². The van der Waals surface area contributed by atoms with Crippen LogP contribution in [0.15, 0.2) is 18.2 Å². The number of para-hydroxylation sites is 1. The van der Waals surface area contributed by atoms with E-state index in [1.54, 1.807) is 6.07 Å². The Morgan fingerprint density at radius 3 is 2.78 bits per heavy atom.